The number of fused-ring (bicyclic) bond motifs is 2. The molecule has 1 aromatic heterocycles. The van der Waals surface area contributed by atoms with Crippen molar-refractivity contribution in [1.82, 2.24) is 4.98 Å². The van der Waals surface area contributed by atoms with Gasteiger partial charge < -0.3 is 5.32 Å². The molecule has 21 heavy (non-hydrogen) atoms. The number of nitrogens with zero attached hydrogens (tertiary/aromatic N) is 1. The van der Waals surface area contributed by atoms with Gasteiger partial charge in [0.15, 0.2) is 0 Å². The van der Waals surface area contributed by atoms with Crippen molar-refractivity contribution in [2.75, 3.05) is 11.9 Å². The predicted octanol–water partition coefficient (Wildman–Crippen LogP) is 5.23. The molecule has 0 atom stereocenters. The Morgan fingerprint density at radius 3 is 2.86 bits per heavy atom. The third-order valence-corrected chi connectivity index (χ3v) is 4.78. The number of rotatable bonds is 3. The van der Waals surface area contributed by atoms with Crippen LogP contribution in [0, 0.1) is 5.82 Å². The van der Waals surface area contributed by atoms with Crippen LogP contribution in [0.15, 0.2) is 16.6 Å². The fraction of sp³-hybridized carbons (Fsp3) is 0.471. The Labute approximate surface area is 133 Å². The van der Waals surface area contributed by atoms with E-state index in [1.807, 2.05) is 0 Å². The molecule has 1 aromatic carbocycles. The predicted molar refractivity (Wildman–Crippen MR) is 89.4 cm³/mol. The zero-order valence-corrected chi connectivity index (χ0v) is 13.9. The summed E-state index contributed by atoms with van der Waals surface area (Å²) >= 11 is 3.57. The van der Waals surface area contributed by atoms with E-state index in [4.69, 9.17) is 0 Å². The summed E-state index contributed by atoms with van der Waals surface area (Å²) in [5, 5.41) is 4.42. The lowest BCUT2D eigenvalue weighted by molar-refractivity contribution is 0.635. The zero-order chi connectivity index (χ0) is 14.8. The van der Waals surface area contributed by atoms with Crippen molar-refractivity contribution < 1.29 is 4.39 Å². The van der Waals surface area contributed by atoms with E-state index < -0.39 is 0 Å². The van der Waals surface area contributed by atoms with Crippen LogP contribution in [0.1, 0.15) is 43.9 Å². The molecule has 0 aliphatic heterocycles. The summed E-state index contributed by atoms with van der Waals surface area (Å²) < 4.78 is 15.1. The monoisotopic (exact) mass is 350 g/mol. The van der Waals surface area contributed by atoms with Crippen molar-refractivity contribution in [3.63, 3.8) is 0 Å². The first-order valence-corrected chi connectivity index (χ1v) is 8.55. The summed E-state index contributed by atoms with van der Waals surface area (Å²) in [5.74, 6) is -0.236. The van der Waals surface area contributed by atoms with Gasteiger partial charge in [-0.2, -0.15) is 0 Å². The van der Waals surface area contributed by atoms with Crippen LogP contribution in [-0.2, 0) is 12.8 Å². The zero-order valence-electron chi connectivity index (χ0n) is 12.3. The van der Waals surface area contributed by atoms with Crippen molar-refractivity contribution in [2.45, 2.75) is 45.4 Å². The number of aryl methyl sites for hydroxylation is 1. The highest BCUT2D eigenvalue weighted by Gasteiger charge is 2.20. The van der Waals surface area contributed by atoms with E-state index in [0.717, 1.165) is 53.5 Å². The molecule has 2 nitrogen and oxygen atoms in total. The molecule has 1 aliphatic carbocycles. The van der Waals surface area contributed by atoms with Gasteiger partial charge in [-0.1, -0.05) is 29.3 Å². The molecular weight excluding hydrogens is 331 g/mol. The van der Waals surface area contributed by atoms with E-state index in [1.54, 1.807) is 6.07 Å². The molecule has 3 rings (SSSR count). The van der Waals surface area contributed by atoms with E-state index >= 15 is 0 Å². The number of halogens is 2. The Morgan fingerprint density at radius 1 is 1.24 bits per heavy atom. The lowest BCUT2D eigenvalue weighted by Crippen LogP contribution is -2.08. The van der Waals surface area contributed by atoms with Gasteiger partial charge in [0.25, 0.3) is 0 Å². The van der Waals surface area contributed by atoms with E-state index in [-0.39, 0.29) is 5.82 Å². The lowest BCUT2D eigenvalue weighted by Gasteiger charge is -2.18. The average Bonchev–Trinajstić information content (AvgIpc) is 2.73. The number of nitrogens with one attached hydrogen (secondary N) is 1. The standard InChI is InChI=1S/C17H20BrFN2/c1-2-10-20-16-11-6-4-3-5-7-14(11)21-17-13(19)9-8-12(18)15(16)17/h8-9H,2-7,10H2,1H3,(H,20,21). The molecule has 1 N–H and O–H groups in total. The topological polar surface area (TPSA) is 24.9 Å². The molecule has 0 amide bonds. The van der Waals surface area contributed by atoms with Gasteiger partial charge in [-0.15, -0.1) is 0 Å². The Balaban J connectivity index is 2.29. The summed E-state index contributed by atoms with van der Waals surface area (Å²) in [6, 6.07) is 3.27. The second-order valence-electron chi connectivity index (χ2n) is 5.65. The third kappa shape index (κ3) is 2.78. The largest absolute Gasteiger partial charge is 0.384 e. The molecule has 0 saturated carbocycles. The summed E-state index contributed by atoms with van der Waals surface area (Å²) in [4.78, 5) is 4.66. The third-order valence-electron chi connectivity index (χ3n) is 4.12. The minimum atomic E-state index is -0.236. The highest BCUT2D eigenvalue weighted by molar-refractivity contribution is 9.10. The average molecular weight is 351 g/mol. The quantitative estimate of drug-likeness (QED) is 0.766. The van der Waals surface area contributed by atoms with Gasteiger partial charge >= 0.3 is 0 Å². The lowest BCUT2D eigenvalue weighted by atomic mass is 10.0. The molecule has 0 unspecified atom stereocenters. The van der Waals surface area contributed by atoms with Crippen LogP contribution >= 0.6 is 15.9 Å². The summed E-state index contributed by atoms with van der Waals surface area (Å²) in [7, 11) is 0. The highest BCUT2D eigenvalue weighted by Crippen LogP contribution is 2.37. The first-order chi connectivity index (χ1) is 10.2. The summed E-state index contributed by atoms with van der Waals surface area (Å²) in [6.45, 7) is 3.04. The molecule has 4 heteroatoms. The van der Waals surface area contributed by atoms with Crippen LogP contribution < -0.4 is 5.32 Å². The van der Waals surface area contributed by atoms with Crippen LogP contribution in [0.25, 0.3) is 10.9 Å². The van der Waals surface area contributed by atoms with Crippen molar-refractivity contribution in [3.8, 4) is 0 Å². The number of pyridine rings is 1. The molecule has 0 saturated heterocycles. The van der Waals surface area contributed by atoms with Crippen molar-refractivity contribution in [2.24, 2.45) is 0 Å². The fourth-order valence-corrected chi connectivity index (χ4v) is 3.60. The van der Waals surface area contributed by atoms with Crippen molar-refractivity contribution in [3.05, 3.63) is 33.7 Å². The van der Waals surface area contributed by atoms with Crippen LogP contribution in [0.4, 0.5) is 10.1 Å². The van der Waals surface area contributed by atoms with Gasteiger partial charge in [0.05, 0.1) is 0 Å². The van der Waals surface area contributed by atoms with E-state index in [0.29, 0.717) is 5.52 Å². The maximum Gasteiger partial charge on any atom is 0.149 e. The van der Waals surface area contributed by atoms with E-state index in [2.05, 4.69) is 33.2 Å². The highest BCUT2D eigenvalue weighted by atomic mass is 79.9. The maximum atomic E-state index is 14.2. The molecule has 112 valence electrons. The Kier molecular flexibility index (Phi) is 4.43. The molecule has 1 heterocycles. The molecule has 0 fully saturated rings. The second-order valence-corrected chi connectivity index (χ2v) is 6.51. The van der Waals surface area contributed by atoms with Gasteiger partial charge in [-0.3, -0.25) is 0 Å². The van der Waals surface area contributed by atoms with Crippen LogP contribution in [-0.4, -0.2) is 11.5 Å². The molecule has 0 spiro atoms. The second kappa shape index (κ2) is 6.30. The molecular formula is C17H20BrFN2. The van der Waals surface area contributed by atoms with E-state index in [1.165, 1.54) is 24.5 Å². The maximum absolute atomic E-state index is 14.2. The van der Waals surface area contributed by atoms with Gasteiger partial charge in [-0.05, 0) is 49.8 Å². The first kappa shape index (κ1) is 14.8. The van der Waals surface area contributed by atoms with Gasteiger partial charge in [0.1, 0.15) is 11.3 Å². The first-order valence-electron chi connectivity index (χ1n) is 7.75. The molecule has 2 aromatic rings. The minimum absolute atomic E-state index is 0.236. The Hall–Kier alpha value is -1.16. The molecule has 0 radical (unpaired) electrons. The van der Waals surface area contributed by atoms with Gasteiger partial charge in [0, 0.05) is 27.8 Å². The number of aromatic nitrogens is 1. The number of hydrogen-bond acceptors (Lipinski definition) is 2. The number of hydrogen-bond donors (Lipinski definition) is 1. The Bertz CT molecular complexity index is 670. The van der Waals surface area contributed by atoms with Crippen LogP contribution in [0.2, 0.25) is 0 Å². The van der Waals surface area contributed by atoms with Crippen LogP contribution in [0.5, 0.6) is 0 Å². The SMILES string of the molecule is CCCNc1c2c(nc3c(F)ccc(Br)c13)CCCCC2. The normalized spacial score (nSPS) is 14.8. The summed E-state index contributed by atoms with van der Waals surface area (Å²) in [6.07, 6.45) is 6.60. The number of benzene rings is 1. The number of anilines is 1. The molecule has 0 bridgehead atoms. The Morgan fingerprint density at radius 2 is 2.05 bits per heavy atom. The molecule has 1 aliphatic rings. The van der Waals surface area contributed by atoms with Crippen LogP contribution in [0.3, 0.4) is 0 Å². The fourth-order valence-electron chi connectivity index (χ4n) is 3.08. The van der Waals surface area contributed by atoms with Gasteiger partial charge in [0.2, 0.25) is 0 Å². The smallest absolute Gasteiger partial charge is 0.149 e. The van der Waals surface area contributed by atoms with Crippen molar-refractivity contribution >= 4 is 32.5 Å². The van der Waals surface area contributed by atoms with Gasteiger partial charge in [-0.25, -0.2) is 9.37 Å². The summed E-state index contributed by atoms with van der Waals surface area (Å²) in [5.41, 5.74) is 3.95. The van der Waals surface area contributed by atoms with E-state index in [9.17, 15) is 4.39 Å². The minimum Gasteiger partial charge on any atom is -0.384 e. The van der Waals surface area contributed by atoms with Crippen molar-refractivity contribution in [1.29, 1.82) is 0 Å².